The summed E-state index contributed by atoms with van der Waals surface area (Å²) in [4.78, 5) is 13.8. The zero-order valence-electron chi connectivity index (χ0n) is 10.7. The topological polar surface area (TPSA) is 32.3 Å². The fourth-order valence-electron chi connectivity index (χ4n) is 2.51. The van der Waals surface area contributed by atoms with Crippen molar-refractivity contribution < 1.29 is 4.79 Å². The standard InChI is InChI=1S/C14H17ClN2O/c1-8(2)17-7-14(18)16-12-6-11(15)10(5-13(12)17)9-3-4-9/h5-6,8-9H,3-4,7H2,1-2H3,(H,16,18). The van der Waals surface area contributed by atoms with E-state index in [-0.39, 0.29) is 5.91 Å². The van der Waals surface area contributed by atoms with Gasteiger partial charge in [0.2, 0.25) is 5.91 Å². The summed E-state index contributed by atoms with van der Waals surface area (Å²) >= 11 is 6.30. The molecule has 1 amide bonds. The van der Waals surface area contributed by atoms with Crippen LogP contribution < -0.4 is 10.2 Å². The lowest BCUT2D eigenvalue weighted by Gasteiger charge is -2.34. The van der Waals surface area contributed by atoms with Gasteiger partial charge in [0.15, 0.2) is 0 Å². The average molecular weight is 265 g/mol. The molecule has 1 aliphatic heterocycles. The Morgan fingerprint density at radius 3 is 2.72 bits per heavy atom. The Bertz CT molecular complexity index is 509. The van der Waals surface area contributed by atoms with Crippen molar-refractivity contribution in [2.24, 2.45) is 0 Å². The molecule has 1 aliphatic carbocycles. The lowest BCUT2D eigenvalue weighted by Crippen LogP contribution is -2.42. The van der Waals surface area contributed by atoms with E-state index < -0.39 is 0 Å². The Kier molecular flexibility index (Phi) is 2.74. The van der Waals surface area contributed by atoms with Crippen molar-refractivity contribution in [3.05, 3.63) is 22.7 Å². The molecule has 18 heavy (non-hydrogen) atoms. The summed E-state index contributed by atoms with van der Waals surface area (Å²) < 4.78 is 0. The highest BCUT2D eigenvalue weighted by molar-refractivity contribution is 6.32. The monoisotopic (exact) mass is 264 g/mol. The Hall–Kier alpha value is -1.22. The van der Waals surface area contributed by atoms with Gasteiger partial charge >= 0.3 is 0 Å². The fraction of sp³-hybridized carbons (Fsp3) is 0.500. The van der Waals surface area contributed by atoms with E-state index in [0.717, 1.165) is 16.4 Å². The predicted molar refractivity (Wildman–Crippen MR) is 74.5 cm³/mol. The first-order valence-corrected chi connectivity index (χ1v) is 6.84. The number of amides is 1. The summed E-state index contributed by atoms with van der Waals surface area (Å²) in [5.74, 6) is 0.654. The van der Waals surface area contributed by atoms with Crippen LogP contribution in [0.25, 0.3) is 0 Å². The number of hydrogen-bond acceptors (Lipinski definition) is 2. The maximum Gasteiger partial charge on any atom is 0.243 e. The second-order valence-corrected chi connectivity index (χ2v) is 5.84. The predicted octanol–water partition coefficient (Wildman–Crippen LogP) is 3.38. The van der Waals surface area contributed by atoms with Crippen molar-refractivity contribution in [3.8, 4) is 0 Å². The normalized spacial score (nSPS) is 18.9. The van der Waals surface area contributed by atoms with Gasteiger partial charge in [0.05, 0.1) is 17.9 Å². The number of fused-ring (bicyclic) bond motifs is 1. The summed E-state index contributed by atoms with van der Waals surface area (Å²) in [6.07, 6.45) is 2.46. The molecule has 1 heterocycles. The van der Waals surface area contributed by atoms with Crippen LogP contribution in [-0.4, -0.2) is 18.5 Å². The summed E-state index contributed by atoms with van der Waals surface area (Å²) in [6.45, 7) is 4.64. The molecule has 3 rings (SSSR count). The third-order valence-electron chi connectivity index (χ3n) is 3.65. The fourth-order valence-corrected chi connectivity index (χ4v) is 2.83. The van der Waals surface area contributed by atoms with Crippen molar-refractivity contribution in [2.75, 3.05) is 16.8 Å². The number of rotatable bonds is 2. The van der Waals surface area contributed by atoms with Crippen molar-refractivity contribution in [2.45, 2.75) is 38.6 Å². The SMILES string of the molecule is CC(C)N1CC(=O)Nc2cc(Cl)c(C3CC3)cc21. The van der Waals surface area contributed by atoms with Gasteiger partial charge in [0.1, 0.15) is 0 Å². The van der Waals surface area contributed by atoms with Crippen LogP contribution in [0.3, 0.4) is 0 Å². The van der Waals surface area contributed by atoms with E-state index in [2.05, 4.69) is 30.1 Å². The molecule has 4 heteroatoms. The molecule has 2 aliphatic rings. The molecule has 1 saturated carbocycles. The first-order valence-electron chi connectivity index (χ1n) is 6.46. The summed E-state index contributed by atoms with van der Waals surface area (Å²) in [6, 6.07) is 4.37. The van der Waals surface area contributed by atoms with Gasteiger partial charge in [-0.15, -0.1) is 0 Å². The van der Waals surface area contributed by atoms with Crippen LogP contribution in [0.2, 0.25) is 5.02 Å². The molecule has 0 atom stereocenters. The van der Waals surface area contributed by atoms with E-state index in [1.807, 2.05) is 6.07 Å². The molecule has 0 spiro atoms. The third kappa shape index (κ3) is 1.97. The molecule has 3 nitrogen and oxygen atoms in total. The van der Waals surface area contributed by atoms with Gasteiger partial charge in [0.25, 0.3) is 0 Å². The highest BCUT2D eigenvalue weighted by Crippen LogP contribution is 2.47. The third-order valence-corrected chi connectivity index (χ3v) is 3.98. The minimum atomic E-state index is 0.0337. The first kappa shape index (κ1) is 11.8. The maximum atomic E-state index is 11.7. The molecule has 0 aromatic heterocycles. The quantitative estimate of drug-likeness (QED) is 0.888. The summed E-state index contributed by atoms with van der Waals surface area (Å²) in [7, 11) is 0. The highest BCUT2D eigenvalue weighted by atomic mass is 35.5. The van der Waals surface area contributed by atoms with E-state index in [1.165, 1.54) is 18.4 Å². The second kappa shape index (κ2) is 4.16. The number of carbonyl (C=O) groups is 1. The van der Waals surface area contributed by atoms with Crippen molar-refractivity contribution >= 4 is 28.9 Å². The second-order valence-electron chi connectivity index (χ2n) is 5.43. The maximum absolute atomic E-state index is 11.7. The molecule has 0 saturated heterocycles. The van der Waals surface area contributed by atoms with Crippen molar-refractivity contribution in [1.29, 1.82) is 0 Å². The van der Waals surface area contributed by atoms with Crippen LogP contribution in [0.15, 0.2) is 12.1 Å². The van der Waals surface area contributed by atoms with Gasteiger partial charge in [-0.1, -0.05) is 11.6 Å². The van der Waals surface area contributed by atoms with Crippen LogP contribution in [0.5, 0.6) is 0 Å². The zero-order valence-corrected chi connectivity index (χ0v) is 11.4. The first-order chi connectivity index (χ1) is 8.56. The Morgan fingerprint density at radius 2 is 2.11 bits per heavy atom. The summed E-state index contributed by atoms with van der Waals surface area (Å²) in [5.41, 5.74) is 3.18. The van der Waals surface area contributed by atoms with Crippen LogP contribution in [0.4, 0.5) is 11.4 Å². The molecular weight excluding hydrogens is 248 g/mol. The lowest BCUT2D eigenvalue weighted by atomic mass is 10.1. The Morgan fingerprint density at radius 1 is 1.39 bits per heavy atom. The number of anilines is 2. The average Bonchev–Trinajstić information content (AvgIpc) is 3.10. The molecule has 0 unspecified atom stereocenters. The van der Waals surface area contributed by atoms with Gasteiger partial charge in [-0.2, -0.15) is 0 Å². The van der Waals surface area contributed by atoms with Crippen molar-refractivity contribution in [3.63, 3.8) is 0 Å². The number of benzene rings is 1. The van der Waals surface area contributed by atoms with Gasteiger partial charge in [-0.3, -0.25) is 4.79 Å². The van der Waals surface area contributed by atoms with Crippen LogP contribution in [-0.2, 0) is 4.79 Å². The number of nitrogens with one attached hydrogen (secondary N) is 1. The minimum Gasteiger partial charge on any atom is -0.358 e. The Labute approximate surface area is 112 Å². The molecule has 1 N–H and O–H groups in total. The van der Waals surface area contributed by atoms with Crippen LogP contribution in [0.1, 0.15) is 38.2 Å². The largest absolute Gasteiger partial charge is 0.358 e. The van der Waals surface area contributed by atoms with Crippen molar-refractivity contribution in [1.82, 2.24) is 0 Å². The number of carbonyl (C=O) groups excluding carboxylic acids is 1. The van der Waals surface area contributed by atoms with E-state index in [1.54, 1.807) is 0 Å². The number of halogens is 1. The van der Waals surface area contributed by atoms with Gasteiger partial charge in [-0.25, -0.2) is 0 Å². The van der Waals surface area contributed by atoms with Gasteiger partial charge in [0, 0.05) is 11.1 Å². The molecule has 96 valence electrons. The smallest absolute Gasteiger partial charge is 0.243 e. The molecule has 1 fully saturated rings. The van der Waals surface area contributed by atoms with Crippen LogP contribution in [0, 0.1) is 0 Å². The number of hydrogen-bond donors (Lipinski definition) is 1. The molecular formula is C14H17ClN2O. The lowest BCUT2D eigenvalue weighted by molar-refractivity contribution is -0.115. The molecule has 1 aromatic carbocycles. The van der Waals surface area contributed by atoms with E-state index in [0.29, 0.717) is 18.5 Å². The molecule has 0 bridgehead atoms. The van der Waals surface area contributed by atoms with Gasteiger partial charge < -0.3 is 10.2 Å². The van der Waals surface area contributed by atoms with E-state index >= 15 is 0 Å². The van der Waals surface area contributed by atoms with Crippen LogP contribution >= 0.6 is 11.6 Å². The summed E-state index contributed by atoms with van der Waals surface area (Å²) in [5, 5.41) is 3.69. The van der Waals surface area contributed by atoms with Gasteiger partial charge in [-0.05, 0) is 50.3 Å². The Balaban J connectivity index is 2.08. The zero-order chi connectivity index (χ0) is 12.9. The number of nitrogens with zero attached hydrogens (tertiary/aromatic N) is 1. The highest BCUT2D eigenvalue weighted by Gasteiger charge is 2.30. The van der Waals surface area contributed by atoms with E-state index in [9.17, 15) is 4.79 Å². The molecule has 0 radical (unpaired) electrons. The van der Waals surface area contributed by atoms with E-state index in [4.69, 9.17) is 11.6 Å². The molecule has 1 aromatic rings. The minimum absolute atomic E-state index is 0.0337.